The molecule has 0 aliphatic carbocycles. The Morgan fingerprint density at radius 3 is 2.82 bits per heavy atom. The fourth-order valence-corrected chi connectivity index (χ4v) is 2.62. The molecular weight excluding hydrogens is 307 g/mol. The van der Waals surface area contributed by atoms with E-state index in [9.17, 15) is 9.59 Å². The van der Waals surface area contributed by atoms with E-state index in [1.54, 1.807) is 25.1 Å². The van der Waals surface area contributed by atoms with Crippen molar-refractivity contribution >= 4 is 45.0 Å². The minimum atomic E-state index is -0.520. The zero-order valence-corrected chi connectivity index (χ0v) is 11.4. The van der Waals surface area contributed by atoms with Crippen LogP contribution in [0, 0.1) is 0 Å². The molecule has 0 spiro atoms. The van der Waals surface area contributed by atoms with E-state index < -0.39 is 6.04 Å². The highest BCUT2D eigenvalue weighted by Gasteiger charge is 2.32. The first kappa shape index (κ1) is 12.4. The molecule has 1 aromatic carbocycles. The third kappa shape index (κ3) is 2.30. The maximum Gasteiger partial charge on any atom is 0.247 e. The average molecular weight is 318 g/mol. The van der Waals surface area contributed by atoms with E-state index in [0.717, 1.165) is 0 Å². The van der Waals surface area contributed by atoms with Crippen LogP contribution in [0.4, 0.5) is 5.69 Å². The van der Waals surface area contributed by atoms with E-state index in [1.807, 2.05) is 0 Å². The molecule has 1 atom stereocenters. The molecule has 0 aromatic heterocycles. The van der Waals surface area contributed by atoms with Crippen LogP contribution in [0.1, 0.15) is 6.92 Å². The second kappa shape index (κ2) is 4.66. The molecule has 1 N–H and O–H groups in total. The molecule has 1 fully saturated rings. The van der Waals surface area contributed by atoms with Crippen LogP contribution < -0.4 is 10.2 Å². The third-order valence-electron chi connectivity index (χ3n) is 2.62. The molecule has 2 rings (SSSR count). The van der Waals surface area contributed by atoms with Gasteiger partial charge in [-0.25, -0.2) is 0 Å². The number of piperazine rings is 1. The summed E-state index contributed by atoms with van der Waals surface area (Å²) in [4.78, 5) is 24.9. The maximum atomic E-state index is 11.8. The molecule has 1 aliphatic heterocycles. The number of carbonyl (C=O) groups is 2. The standard InChI is InChI=1S/C11H10BrClN2O2/c1-6-11(17)14-5-10(16)15(6)9-3-2-7(13)4-8(9)12/h2-4,6H,5H2,1H3,(H,14,17). The lowest BCUT2D eigenvalue weighted by atomic mass is 10.1. The molecule has 6 heteroatoms. The van der Waals surface area contributed by atoms with Crippen molar-refractivity contribution in [2.45, 2.75) is 13.0 Å². The lowest BCUT2D eigenvalue weighted by Gasteiger charge is -2.33. The Hall–Kier alpha value is -1.07. The smallest absolute Gasteiger partial charge is 0.247 e. The van der Waals surface area contributed by atoms with Gasteiger partial charge in [-0.1, -0.05) is 11.6 Å². The van der Waals surface area contributed by atoms with Gasteiger partial charge >= 0.3 is 0 Å². The Morgan fingerprint density at radius 1 is 1.47 bits per heavy atom. The van der Waals surface area contributed by atoms with E-state index in [1.165, 1.54) is 4.90 Å². The Bertz CT molecular complexity index is 492. The van der Waals surface area contributed by atoms with Gasteiger partial charge in [0.1, 0.15) is 6.04 Å². The van der Waals surface area contributed by atoms with Gasteiger partial charge in [0, 0.05) is 9.50 Å². The lowest BCUT2D eigenvalue weighted by molar-refractivity contribution is -0.130. The van der Waals surface area contributed by atoms with E-state index in [2.05, 4.69) is 21.2 Å². The van der Waals surface area contributed by atoms with Gasteiger partial charge in [-0.3, -0.25) is 14.5 Å². The van der Waals surface area contributed by atoms with Crippen LogP contribution in [0.5, 0.6) is 0 Å². The Balaban J connectivity index is 2.43. The predicted molar refractivity (Wildman–Crippen MR) is 69.1 cm³/mol. The van der Waals surface area contributed by atoms with Gasteiger partial charge in [0.05, 0.1) is 12.2 Å². The highest BCUT2D eigenvalue weighted by Crippen LogP contribution is 2.31. The van der Waals surface area contributed by atoms with Gasteiger partial charge in [-0.2, -0.15) is 0 Å². The third-order valence-corrected chi connectivity index (χ3v) is 3.49. The summed E-state index contributed by atoms with van der Waals surface area (Å²) in [6.45, 7) is 1.71. The van der Waals surface area contributed by atoms with Crippen LogP contribution >= 0.6 is 27.5 Å². The van der Waals surface area contributed by atoms with Crippen LogP contribution in [0.15, 0.2) is 22.7 Å². The van der Waals surface area contributed by atoms with Crippen molar-refractivity contribution < 1.29 is 9.59 Å². The van der Waals surface area contributed by atoms with E-state index in [0.29, 0.717) is 15.2 Å². The van der Waals surface area contributed by atoms with Crippen molar-refractivity contribution in [3.63, 3.8) is 0 Å². The largest absolute Gasteiger partial charge is 0.345 e. The van der Waals surface area contributed by atoms with Gasteiger partial charge in [0.15, 0.2) is 0 Å². The number of hydrogen-bond donors (Lipinski definition) is 1. The quantitative estimate of drug-likeness (QED) is 0.861. The monoisotopic (exact) mass is 316 g/mol. The van der Waals surface area contributed by atoms with Gasteiger partial charge in [0.25, 0.3) is 0 Å². The summed E-state index contributed by atoms with van der Waals surface area (Å²) in [6, 6.07) is 4.59. The summed E-state index contributed by atoms with van der Waals surface area (Å²) in [6.07, 6.45) is 0. The maximum absolute atomic E-state index is 11.8. The molecule has 2 amide bonds. The molecule has 1 heterocycles. The van der Waals surface area contributed by atoms with E-state index in [-0.39, 0.29) is 18.4 Å². The zero-order valence-electron chi connectivity index (χ0n) is 9.04. The highest BCUT2D eigenvalue weighted by atomic mass is 79.9. The molecule has 4 nitrogen and oxygen atoms in total. The van der Waals surface area contributed by atoms with E-state index in [4.69, 9.17) is 11.6 Å². The molecule has 1 unspecified atom stereocenters. The first-order valence-electron chi connectivity index (χ1n) is 5.05. The molecular formula is C11H10BrClN2O2. The minimum absolute atomic E-state index is 0.0260. The Labute approximate surface area is 112 Å². The highest BCUT2D eigenvalue weighted by molar-refractivity contribution is 9.10. The molecule has 1 aliphatic rings. The number of hydrogen-bond acceptors (Lipinski definition) is 2. The van der Waals surface area contributed by atoms with Crippen LogP contribution in [0.25, 0.3) is 0 Å². The summed E-state index contributed by atoms with van der Waals surface area (Å²) in [5.41, 5.74) is 0.654. The number of rotatable bonds is 1. The summed E-state index contributed by atoms with van der Waals surface area (Å²) in [7, 11) is 0. The first-order chi connectivity index (χ1) is 8.00. The zero-order chi connectivity index (χ0) is 12.6. The van der Waals surface area contributed by atoms with Gasteiger partial charge < -0.3 is 5.32 Å². The normalized spacial score (nSPS) is 20.4. The summed E-state index contributed by atoms with van der Waals surface area (Å²) in [5, 5.41) is 3.11. The van der Waals surface area contributed by atoms with Crippen molar-refractivity contribution in [2.24, 2.45) is 0 Å². The molecule has 0 bridgehead atoms. The van der Waals surface area contributed by atoms with Crippen molar-refractivity contribution in [3.8, 4) is 0 Å². The topological polar surface area (TPSA) is 49.4 Å². The Morgan fingerprint density at radius 2 is 2.18 bits per heavy atom. The van der Waals surface area contributed by atoms with E-state index >= 15 is 0 Å². The molecule has 1 aromatic rings. The Kier molecular flexibility index (Phi) is 3.40. The second-order valence-corrected chi connectivity index (χ2v) is 5.04. The van der Waals surface area contributed by atoms with Crippen LogP contribution in [-0.4, -0.2) is 24.4 Å². The van der Waals surface area contributed by atoms with Crippen LogP contribution in [0.2, 0.25) is 5.02 Å². The molecule has 1 saturated heterocycles. The SMILES string of the molecule is CC1C(=O)NCC(=O)N1c1ccc(Cl)cc1Br. The molecule has 90 valence electrons. The number of carbonyl (C=O) groups excluding carboxylic acids is 2. The summed E-state index contributed by atoms with van der Waals surface area (Å²) in [5.74, 6) is -0.299. The number of benzene rings is 1. The van der Waals surface area contributed by atoms with Crippen molar-refractivity contribution in [2.75, 3.05) is 11.4 Å². The van der Waals surface area contributed by atoms with Gasteiger partial charge in [0.2, 0.25) is 11.8 Å². The average Bonchev–Trinajstić information content (AvgIpc) is 2.27. The fourth-order valence-electron chi connectivity index (χ4n) is 1.75. The number of anilines is 1. The minimum Gasteiger partial charge on any atom is -0.345 e. The molecule has 17 heavy (non-hydrogen) atoms. The van der Waals surface area contributed by atoms with Crippen molar-refractivity contribution in [3.05, 3.63) is 27.7 Å². The summed E-state index contributed by atoms with van der Waals surface area (Å²) >= 11 is 9.19. The van der Waals surface area contributed by atoms with Crippen LogP contribution in [0.3, 0.4) is 0 Å². The lowest BCUT2D eigenvalue weighted by Crippen LogP contribution is -2.57. The summed E-state index contributed by atoms with van der Waals surface area (Å²) < 4.78 is 0.694. The fraction of sp³-hybridized carbons (Fsp3) is 0.273. The van der Waals surface area contributed by atoms with Crippen molar-refractivity contribution in [1.29, 1.82) is 0 Å². The first-order valence-corrected chi connectivity index (χ1v) is 6.22. The van der Waals surface area contributed by atoms with Crippen molar-refractivity contribution in [1.82, 2.24) is 5.32 Å². The molecule has 0 radical (unpaired) electrons. The molecule has 0 saturated carbocycles. The van der Waals surface area contributed by atoms with Gasteiger partial charge in [-0.15, -0.1) is 0 Å². The van der Waals surface area contributed by atoms with Crippen LogP contribution in [-0.2, 0) is 9.59 Å². The number of amides is 2. The second-order valence-electron chi connectivity index (χ2n) is 3.75. The number of halogens is 2. The predicted octanol–water partition coefficient (Wildman–Crippen LogP) is 1.95. The number of nitrogens with one attached hydrogen (secondary N) is 1. The van der Waals surface area contributed by atoms with Gasteiger partial charge in [-0.05, 0) is 41.1 Å². The number of nitrogens with zero attached hydrogens (tertiary/aromatic N) is 1.